The van der Waals surface area contributed by atoms with Crippen molar-refractivity contribution in [1.29, 1.82) is 5.26 Å². The van der Waals surface area contributed by atoms with E-state index in [1.807, 2.05) is 13.0 Å². The lowest BCUT2D eigenvalue weighted by molar-refractivity contribution is -0.385. The standard InChI is InChI=1S/C11H10N2O3/c1-3-8-4-10(7(2)14)11(13(15)16)5-9(8)6-12/h4-5H,3H2,1-2H3. The van der Waals surface area contributed by atoms with E-state index < -0.39 is 4.92 Å². The van der Waals surface area contributed by atoms with Gasteiger partial charge in [-0.25, -0.2) is 0 Å². The number of carbonyl (C=O) groups excluding carboxylic acids is 1. The Morgan fingerprint density at radius 3 is 2.56 bits per heavy atom. The van der Waals surface area contributed by atoms with Gasteiger partial charge in [0.25, 0.3) is 5.69 Å². The van der Waals surface area contributed by atoms with Gasteiger partial charge in [-0.1, -0.05) is 6.92 Å². The van der Waals surface area contributed by atoms with Crippen molar-refractivity contribution in [1.82, 2.24) is 0 Å². The smallest absolute Gasteiger partial charge is 0.281 e. The minimum Gasteiger partial charge on any atom is -0.294 e. The van der Waals surface area contributed by atoms with E-state index in [-0.39, 0.29) is 22.6 Å². The Morgan fingerprint density at radius 1 is 1.56 bits per heavy atom. The maximum atomic E-state index is 11.3. The van der Waals surface area contributed by atoms with Gasteiger partial charge in [-0.05, 0) is 25.0 Å². The van der Waals surface area contributed by atoms with Crippen LogP contribution in [0.2, 0.25) is 0 Å². The molecule has 1 rings (SSSR count). The first-order valence-corrected chi connectivity index (χ1v) is 4.73. The topological polar surface area (TPSA) is 84.0 Å². The molecule has 0 N–H and O–H groups in total. The van der Waals surface area contributed by atoms with Gasteiger partial charge >= 0.3 is 0 Å². The number of Topliss-reactive ketones (excluding diaryl/α,β-unsaturated/α-hetero) is 1. The molecule has 0 aromatic heterocycles. The van der Waals surface area contributed by atoms with Crippen molar-refractivity contribution in [3.8, 4) is 6.07 Å². The summed E-state index contributed by atoms with van der Waals surface area (Å²) in [5, 5.41) is 19.6. The highest BCUT2D eigenvalue weighted by Crippen LogP contribution is 2.24. The summed E-state index contributed by atoms with van der Waals surface area (Å²) in [6.45, 7) is 3.10. The zero-order valence-electron chi connectivity index (χ0n) is 8.98. The summed E-state index contributed by atoms with van der Waals surface area (Å²) >= 11 is 0. The average molecular weight is 218 g/mol. The zero-order chi connectivity index (χ0) is 12.3. The van der Waals surface area contributed by atoms with Crippen molar-refractivity contribution in [3.63, 3.8) is 0 Å². The first kappa shape index (κ1) is 11.9. The molecule has 16 heavy (non-hydrogen) atoms. The maximum absolute atomic E-state index is 11.3. The predicted octanol–water partition coefficient (Wildman–Crippen LogP) is 2.23. The first-order valence-electron chi connectivity index (χ1n) is 4.73. The van der Waals surface area contributed by atoms with Crippen LogP contribution < -0.4 is 0 Å². The second kappa shape index (κ2) is 4.53. The van der Waals surface area contributed by atoms with Crippen molar-refractivity contribution >= 4 is 11.5 Å². The van der Waals surface area contributed by atoms with E-state index in [0.29, 0.717) is 12.0 Å². The third-order valence-corrected chi connectivity index (χ3v) is 2.30. The number of aryl methyl sites for hydroxylation is 1. The molecule has 0 unspecified atom stereocenters. The van der Waals surface area contributed by atoms with Gasteiger partial charge in [0.2, 0.25) is 0 Å². The second-order valence-corrected chi connectivity index (χ2v) is 3.31. The molecule has 0 saturated carbocycles. The molecule has 0 atom stereocenters. The third kappa shape index (κ3) is 2.06. The van der Waals surface area contributed by atoms with Gasteiger partial charge in [-0.2, -0.15) is 5.26 Å². The largest absolute Gasteiger partial charge is 0.294 e. The Labute approximate surface area is 92.5 Å². The number of hydrogen-bond acceptors (Lipinski definition) is 4. The molecule has 0 heterocycles. The van der Waals surface area contributed by atoms with Gasteiger partial charge < -0.3 is 0 Å². The number of rotatable bonds is 3. The maximum Gasteiger partial charge on any atom is 0.281 e. The van der Waals surface area contributed by atoms with Gasteiger partial charge in [0.1, 0.15) is 0 Å². The second-order valence-electron chi connectivity index (χ2n) is 3.31. The van der Waals surface area contributed by atoms with Gasteiger partial charge in [0.05, 0.1) is 22.1 Å². The van der Waals surface area contributed by atoms with E-state index in [1.54, 1.807) is 0 Å². The number of carbonyl (C=O) groups is 1. The van der Waals surface area contributed by atoms with Crippen LogP contribution >= 0.6 is 0 Å². The van der Waals surface area contributed by atoms with Crippen LogP contribution in [0.1, 0.15) is 35.3 Å². The van der Waals surface area contributed by atoms with E-state index in [4.69, 9.17) is 5.26 Å². The molecule has 5 heteroatoms. The van der Waals surface area contributed by atoms with E-state index in [9.17, 15) is 14.9 Å². The molecule has 0 fully saturated rings. The molecule has 1 aromatic carbocycles. The van der Waals surface area contributed by atoms with E-state index in [0.717, 1.165) is 6.07 Å². The van der Waals surface area contributed by atoms with Crippen molar-refractivity contribution in [2.24, 2.45) is 0 Å². The van der Waals surface area contributed by atoms with Crippen LogP contribution in [-0.2, 0) is 6.42 Å². The summed E-state index contributed by atoms with van der Waals surface area (Å²) in [4.78, 5) is 21.3. The molecule has 0 aliphatic carbocycles. The first-order chi connectivity index (χ1) is 7.51. The summed E-state index contributed by atoms with van der Waals surface area (Å²) in [5.41, 5.74) is 0.652. The monoisotopic (exact) mass is 218 g/mol. The van der Waals surface area contributed by atoms with Crippen molar-refractivity contribution in [2.45, 2.75) is 20.3 Å². The van der Waals surface area contributed by atoms with Crippen LogP contribution in [0.15, 0.2) is 12.1 Å². The van der Waals surface area contributed by atoms with Crippen LogP contribution in [-0.4, -0.2) is 10.7 Å². The predicted molar refractivity (Wildman–Crippen MR) is 57.2 cm³/mol. The minimum absolute atomic E-state index is 0.0563. The highest BCUT2D eigenvalue weighted by molar-refractivity contribution is 5.98. The molecular weight excluding hydrogens is 208 g/mol. The number of nitriles is 1. The van der Waals surface area contributed by atoms with Gasteiger partial charge in [0, 0.05) is 6.07 Å². The van der Waals surface area contributed by atoms with Crippen LogP contribution in [0.5, 0.6) is 0 Å². The molecule has 0 bridgehead atoms. The highest BCUT2D eigenvalue weighted by Gasteiger charge is 2.20. The molecule has 5 nitrogen and oxygen atoms in total. The average Bonchev–Trinajstić information content (AvgIpc) is 2.26. The Morgan fingerprint density at radius 2 is 2.19 bits per heavy atom. The molecule has 0 saturated heterocycles. The normalized spacial score (nSPS) is 9.56. The quantitative estimate of drug-likeness (QED) is 0.442. The Bertz CT molecular complexity index is 501. The van der Waals surface area contributed by atoms with Crippen LogP contribution in [0.3, 0.4) is 0 Å². The van der Waals surface area contributed by atoms with Crippen LogP contribution in [0.4, 0.5) is 5.69 Å². The lowest BCUT2D eigenvalue weighted by Crippen LogP contribution is -2.03. The number of nitrogens with zero attached hydrogens (tertiary/aromatic N) is 2. The van der Waals surface area contributed by atoms with Gasteiger partial charge in [-0.3, -0.25) is 14.9 Å². The molecule has 82 valence electrons. The fourth-order valence-electron chi connectivity index (χ4n) is 1.46. The number of nitro groups is 1. The number of benzene rings is 1. The summed E-state index contributed by atoms with van der Waals surface area (Å²) < 4.78 is 0. The van der Waals surface area contributed by atoms with Gasteiger partial charge in [-0.15, -0.1) is 0 Å². The Hall–Kier alpha value is -2.22. The molecule has 0 aliphatic heterocycles. The fraction of sp³-hybridized carbons (Fsp3) is 0.273. The molecule has 0 spiro atoms. The minimum atomic E-state index is -0.642. The molecule has 0 radical (unpaired) electrons. The van der Waals surface area contributed by atoms with Crippen molar-refractivity contribution in [3.05, 3.63) is 38.9 Å². The van der Waals surface area contributed by atoms with Crippen molar-refractivity contribution < 1.29 is 9.72 Å². The highest BCUT2D eigenvalue weighted by atomic mass is 16.6. The van der Waals surface area contributed by atoms with E-state index >= 15 is 0 Å². The molecule has 0 aliphatic rings. The lowest BCUT2D eigenvalue weighted by Gasteiger charge is -2.04. The van der Waals surface area contributed by atoms with Crippen molar-refractivity contribution in [2.75, 3.05) is 0 Å². The number of nitro benzene ring substituents is 1. The molecule has 0 amide bonds. The number of ketones is 1. The molecular formula is C11H10N2O3. The summed E-state index contributed by atoms with van der Waals surface area (Å²) in [7, 11) is 0. The Kier molecular flexibility index (Phi) is 3.36. The lowest BCUT2D eigenvalue weighted by atomic mass is 9.99. The third-order valence-electron chi connectivity index (χ3n) is 2.30. The molecule has 1 aromatic rings. The number of hydrogen-bond donors (Lipinski definition) is 0. The van der Waals surface area contributed by atoms with Crippen LogP contribution in [0, 0.1) is 21.4 Å². The summed E-state index contributed by atoms with van der Waals surface area (Å²) in [6.07, 6.45) is 0.557. The summed E-state index contributed by atoms with van der Waals surface area (Å²) in [5.74, 6) is -0.370. The van der Waals surface area contributed by atoms with Gasteiger partial charge in [0.15, 0.2) is 5.78 Å². The van der Waals surface area contributed by atoms with Crippen LogP contribution in [0.25, 0.3) is 0 Å². The Balaban J connectivity index is 3.55. The fourth-order valence-corrected chi connectivity index (χ4v) is 1.46. The van der Waals surface area contributed by atoms with E-state index in [2.05, 4.69) is 0 Å². The van der Waals surface area contributed by atoms with E-state index in [1.165, 1.54) is 13.0 Å². The zero-order valence-corrected chi connectivity index (χ0v) is 8.98. The summed E-state index contributed by atoms with van der Waals surface area (Å²) in [6, 6.07) is 4.48. The SMILES string of the molecule is CCc1cc(C(C)=O)c([N+](=O)[O-])cc1C#N.